The van der Waals surface area contributed by atoms with Crippen LogP contribution in [-0.2, 0) is 4.79 Å². The summed E-state index contributed by atoms with van der Waals surface area (Å²) in [6, 6.07) is 12.2. The van der Waals surface area contributed by atoms with Gasteiger partial charge in [0.05, 0.1) is 6.20 Å². The molecular formula is C18H14FN3O3. The number of ether oxygens (including phenoxy) is 2. The minimum atomic E-state index is -0.361. The van der Waals surface area contributed by atoms with Crippen LogP contribution in [0, 0.1) is 5.82 Å². The molecule has 0 bridgehead atoms. The normalized spacial score (nSPS) is 10.1. The van der Waals surface area contributed by atoms with Gasteiger partial charge in [0.15, 0.2) is 6.61 Å². The van der Waals surface area contributed by atoms with Gasteiger partial charge in [-0.05, 0) is 48.5 Å². The van der Waals surface area contributed by atoms with Crippen molar-refractivity contribution in [1.82, 2.24) is 9.97 Å². The molecule has 126 valence electrons. The Labute approximate surface area is 143 Å². The molecule has 0 saturated carbocycles. The number of benzene rings is 2. The summed E-state index contributed by atoms with van der Waals surface area (Å²) in [6.07, 6.45) is 4.59. The van der Waals surface area contributed by atoms with Gasteiger partial charge in [0.2, 0.25) is 5.88 Å². The second-order valence-corrected chi connectivity index (χ2v) is 4.96. The largest absolute Gasteiger partial charge is 0.484 e. The Morgan fingerprint density at radius 1 is 1.00 bits per heavy atom. The first-order chi connectivity index (χ1) is 12.2. The van der Waals surface area contributed by atoms with Crippen LogP contribution in [0.1, 0.15) is 0 Å². The van der Waals surface area contributed by atoms with Gasteiger partial charge in [0.1, 0.15) is 17.3 Å². The van der Waals surface area contributed by atoms with Gasteiger partial charge < -0.3 is 14.8 Å². The van der Waals surface area contributed by atoms with Crippen LogP contribution >= 0.6 is 0 Å². The highest BCUT2D eigenvalue weighted by Crippen LogP contribution is 2.20. The number of rotatable bonds is 6. The number of halogens is 1. The van der Waals surface area contributed by atoms with Gasteiger partial charge in [-0.2, -0.15) is 0 Å². The topological polar surface area (TPSA) is 73.3 Å². The van der Waals surface area contributed by atoms with E-state index in [4.69, 9.17) is 9.47 Å². The number of carbonyl (C=O) groups excluding carboxylic acids is 1. The summed E-state index contributed by atoms with van der Waals surface area (Å²) in [5, 5.41) is 2.69. The molecule has 0 unspecified atom stereocenters. The summed E-state index contributed by atoms with van der Waals surface area (Å²) in [6.45, 7) is -0.177. The van der Waals surface area contributed by atoms with Crippen molar-refractivity contribution in [3.8, 4) is 17.4 Å². The zero-order valence-corrected chi connectivity index (χ0v) is 13.1. The molecule has 2 aromatic carbocycles. The summed E-state index contributed by atoms with van der Waals surface area (Å²) in [4.78, 5) is 19.8. The molecule has 1 aromatic heterocycles. The second-order valence-electron chi connectivity index (χ2n) is 4.96. The molecular weight excluding hydrogens is 325 g/mol. The molecule has 0 spiro atoms. The van der Waals surface area contributed by atoms with E-state index in [1.807, 2.05) is 0 Å². The summed E-state index contributed by atoms with van der Waals surface area (Å²) >= 11 is 0. The Kier molecular flexibility index (Phi) is 5.16. The van der Waals surface area contributed by atoms with E-state index in [1.54, 1.807) is 30.5 Å². The fourth-order valence-electron chi connectivity index (χ4n) is 1.94. The number of aromatic nitrogens is 2. The number of nitrogens with zero attached hydrogens (tertiary/aromatic N) is 2. The van der Waals surface area contributed by atoms with Gasteiger partial charge in [-0.1, -0.05) is 0 Å². The van der Waals surface area contributed by atoms with Gasteiger partial charge in [-0.15, -0.1) is 0 Å². The lowest BCUT2D eigenvalue weighted by Gasteiger charge is -2.08. The second kappa shape index (κ2) is 7.87. The van der Waals surface area contributed by atoms with Crippen LogP contribution in [-0.4, -0.2) is 22.5 Å². The lowest BCUT2D eigenvalue weighted by Crippen LogP contribution is -2.20. The number of amides is 1. The molecule has 3 rings (SSSR count). The quantitative estimate of drug-likeness (QED) is 0.745. The Morgan fingerprint density at radius 3 is 2.40 bits per heavy atom. The standard InChI is InChI=1S/C18H14FN3O3/c19-13-1-5-15(6-2-13)24-12-17(23)22-14-3-7-16(8-4-14)25-18-11-20-9-10-21-18/h1-11H,12H2,(H,22,23). The highest BCUT2D eigenvalue weighted by Gasteiger charge is 2.05. The Bertz CT molecular complexity index is 824. The highest BCUT2D eigenvalue weighted by molar-refractivity contribution is 5.91. The molecule has 6 nitrogen and oxygen atoms in total. The van der Waals surface area contributed by atoms with E-state index in [1.165, 1.54) is 36.7 Å². The SMILES string of the molecule is O=C(COc1ccc(F)cc1)Nc1ccc(Oc2cnccn2)cc1. The summed E-state index contributed by atoms with van der Waals surface area (Å²) < 4.78 is 23.6. The number of anilines is 1. The van der Waals surface area contributed by atoms with E-state index >= 15 is 0 Å². The molecule has 0 fully saturated rings. The number of hydrogen-bond donors (Lipinski definition) is 1. The zero-order valence-electron chi connectivity index (χ0n) is 13.1. The van der Waals surface area contributed by atoms with Gasteiger partial charge in [0.25, 0.3) is 5.91 Å². The van der Waals surface area contributed by atoms with E-state index in [9.17, 15) is 9.18 Å². The van der Waals surface area contributed by atoms with Crippen LogP contribution in [0.3, 0.4) is 0 Å². The first kappa shape index (κ1) is 16.4. The summed E-state index contributed by atoms with van der Waals surface area (Å²) in [5.74, 6) is 0.685. The monoisotopic (exact) mass is 339 g/mol. The molecule has 1 heterocycles. The minimum absolute atomic E-state index is 0.177. The van der Waals surface area contributed by atoms with Gasteiger partial charge in [-0.25, -0.2) is 9.37 Å². The molecule has 0 aliphatic rings. The van der Waals surface area contributed by atoms with Crippen LogP contribution in [0.5, 0.6) is 17.4 Å². The summed E-state index contributed by atoms with van der Waals surface area (Å²) in [7, 11) is 0. The maximum Gasteiger partial charge on any atom is 0.262 e. The summed E-state index contributed by atoms with van der Waals surface area (Å²) in [5.41, 5.74) is 0.596. The van der Waals surface area contributed by atoms with E-state index in [0.717, 1.165) is 0 Å². The first-order valence-corrected chi connectivity index (χ1v) is 7.41. The lowest BCUT2D eigenvalue weighted by molar-refractivity contribution is -0.118. The van der Waals surface area contributed by atoms with Gasteiger partial charge in [0, 0.05) is 18.1 Å². The lowest BCUT2D eigenvalue weighted by atomic mass is 10.3. The van der Waals surface area contributed by atoms with Crippen LogP contribution < -0.4 is 14.8 Å². The average molecular weight is 339 g/mol. The number of hydrogen-bond acceptors (Lipinski definition) is 5. The Morgan fingerprint density at radius 2 is 1.72 bits per heavy atom. The minimum Gasteiger partial charge on any atom is -0.484 e. The molecule has 0 atom stereocenters. The highest BCUT2D eigenvalue weighted by atomic mass is 19.1. The van der Waals surface area contributed by atoms with Crippen molar-refractivity contribution in [2.75, 3.05) is 11.9 Å². The van der Waals surface area contributed by atoms with Crippen LogP contribution in [0.25, 0.3) is 0 Å². The van der Waals surface area contributed by atoms with Crippen molar-refractivity contribution in [3.05, 3.63) is 72.9 Å². The fraction of sp³-hybridized carbons (Fsp3) is 0.0556. The molecule has 7 heteroatoms. The molecule has 0 aliphatic heterocycles. The smallest absolute Gasteiger partial charge is 0.262 e. The van der Waals surface area contributed by atoms with E-state index in [0.29, 0.717) is 23.1 Å². The molecule has 3 aromatic rings. The van der Waals surface area contributed by atoms with E-state index in [-0.39, 0.29) is 18.3 Å². The van der Waals surface area contributed by atoms with Crippen molar-refractivity contribution in [2.24, 2.45) is 0 Å². The van der Waals surface area contributed by atoms with Crippen LogP contribution in [0.4, 0.5) is 10.1 Å². The number of carbonyl (C=O) groups is 1. The maximum absolute atomic E-state index is 12.8. The third-order valence-corrected chi connectivity index (χ3v) is 3.08. The predicted molar refractivity (Wildman–Crippen MR) is 89.1 cm³/mol. The molecule has 1 N–H and O–H groups in total. The van der Waals surface area contributed by atoms with Gasteiger partial charge in [-0.3, -0.25) is 9.78 Å². The maximum atomic E-state index is 12.8. The van der Waals surface area contributed by atoms with E-state index < -0.39 is 0 Å². The third kappa shape index (κ3) is 5.00. The molecule has 1 amide bonds. The van der Waals surface area contributed by atoms with Crippen LogP contribution in [0.15, 0.2) is 67.1 Å². The van der Waals surface area contributed by atoms with Crippen LogP contribution in [0.2, 0.25) is 0 Å². The van der Waals surface area contributed by atoms with Crippen molar-refractivity contribution in [3.63, 3.8) is 0 Å². The zero-order chi connectivity index (χ0) is 17.5. The Hall–Kier alpha value is -3.48. The van der Waals surface area contributed by atoms with Crippen molar-refractivity contribution >= 4 is 11.6 Å². The Balaban J connectivity index is 1.50. The average Bonchev–Trinajstić information content (AvgIpc) is 2.64. The predicted octanol–water partition coefficient (Wildman–Crippen LogP) is 3.43. The van der Waals surface area contributed by atoms with Gasteiger partial charge >= 0.3 is 0 Å². The fourth-order valence-corrected chi connectivity index (χ4v) is 1.94. The first-order valence-electron chi connectivity index (χ1n) is 7.41. The molecule has 25 heavy (non-hydrogen) atoms. The van der Waals surface area contributed by atoms with Crippen molar-refractivity contribution in [2.45, 2.75) is 0 Å². The molecule has 0 radical (unpaired) electrons. The molecule has 0 saturated heterocycles. The van der Waals surface area contributed by atoms with E-state index in [2.05, 4.69) is 15.3 Å². The van der Waals surface area contributed by atoms with Crippen molar-refractivity contribution < 1.29 is 18.7 Å². The molecule has 0 aliphatic carbocycles. The number of nitrogens with one attached hydrogen (secondary N) is 1. The third-order valence-electron chi connectivity index (χ3n) is 3.08. The van der Waals surface area contributed by atoms with Crippen molar-refractivity contribution in [1.29, 1.82) is 0 Å².